The first-order valence-electron chi connectivity index (χ1n) is 7.30. The Bertz CT molecular complexity index is 610. The number of aliphatic hydroxyl groups excluding tert-OH is 1. The quantitative estimate of drug-likeness (QED) is 0.583. The van der Waals surface area contributed by atoms with E-state index in [4.69, 9.17) is 0 Å². The van der Waals surface area contributed by atoms with E-state index in [-0.39, 0.29) is 18.6 Å². The summed E-state index contributed by atoms with van der Waals surface area (Å²) in [7, 11) is 0. The van der Waals surface area contributed by atoms with Crippen LogP contribution in [0.3, 0.4) is 0 Å². The smallest absolute Gasteiger partial charge is 0.313 e. The lowest BCUT2D eigenvalue weighted by molar-refractivity contribution is -0.137. The van der Waals surface area contributed by atoms with Crippen LogP contribution in [0.25, 0.3) is 0 Å². The van der Waals surface area contributed by atoms with Crippen LogP contribution < -0.4 is 10.6 Å². The molecule has 0 bridgehead atoms. The molecule has 2 amide bonds. The Morgan fingerprint density at radius 2 is 1.78 bits per heavy atom. The van der Waals surface area contributed by atoms with Crippen LogP contribution in [0.15, 0.2) is 12.1 Å². The average molecular weight is 330 g/mol. The van der Waals surface area contributed by atoms with Crippen molar-refractivity contribution in [3.05, 3.63) is 29.6 Å². The molecule has 0 aliphatic heterocycles. The van der Waals surface area contributed by atoms with E-state index in [2.05, 4.69) is 5.32 Å². The van der Waals surface area contributed by atoms with Gasteiger partial charge in [0.15, 0.2) is 17.5 Å². The van der Waals surface area contributed by atoms with E-state index < -0.39 is 35.0 Å². The monoisotopic (exact) mass is 330 g/mol. The molecule has 1 saturated carbocycles. The highest BCUT2D eigenvalue weighted by Gasteiger charge is 2.28. The topological polar surface area (TPSA) is 78.4 Å². The molecule has 0 saturated heterocycles. The summed E-state index contributed by atoms with van der Waals surface area (Å²) in [5, 5.41) is 13.7. The maximum absolute atomic E-state index is 13.5. The normalized spacial score (nSPS) is 20.9. The first-order valence-corrected chi connectivity index (χ1v) is 7.30. The molecule has 2 atom stereocenters. The van der Waals surface area contributed by atoms with Gasteiger partial charge in [0.05, 0.1) is 5.69 Å². The van der Waals surface area contributed by atoms with Crippen LogP contribution in [0.5, 0.6) is 0 Å². The fraction of sp³-hybridized carbons (Fsp3) is 0.467. The minimum absolute atomic E-state index is 0.107. The molecule has 2 rings (SSSR count). The summed E-state index contributed by atoms with van der Waals surface area (Å²) < 4.78 is 39.4. The second kappa shape index (κ2) is 7.45. The fourth-order valence-corrected chi connectivity index (χ4v) is 2.65. The average Bonchev–Trinajstić information content (AvgIpc) is 2.55. The largest absolute Gasteiger partial charge is 0.396 e. The van der Waals surface area contributed by atoms with Gasteiger partial charge in [0.25, 0.3) is 0 Å². The molecule has 23 heavy (non-hydrogen) atoms. The number of carbonyl (C=O) groups is 2. The molecule has 126 valence electrons. The summed E-state index contributed by atoms with van der Waals surface area (Å²) >= 11 is 0. The predicted molar refractivity (Wildman–Crippen MR) is 75.9 cm³/mol. The highest BCUT2D eigenvalue weighted by atomic mass is 19.2. The number of halogens is 3. The predicted octanol–water partition coefficient (Wildman–Crippen LogP) is 1.71. The van der Waals surface area contributed by atoms with Crippen LogP contribution in [0.1, 0.15) is 25.7 Å². The van der Waals surface area contributed by atoms with E-state index >= 15 is 0 Å². The molecular formula is C15H17F3N2O3. The highest BCUT2D eigenvalue weighted by molar-refractivity contribution is 6.39. The molecule has 0 heterocycles. The van der Waals surface area contributed by atoms with Gasteiger partial charge in [-0.1, -0.05) is 12.8 Å². The lowest BCUT2D eigenvalue weighted by atomic mass is 9.85. The third kappa shape index (κ3) is 4.01. The summed E-state index contributed by atoms with van der Waals surface area (Å²) in [4.78, 5) is 23.6. The van der Waals surface area contributed by atoms with Crippen molar-refractivity contribution in [2.75, 3.05) is 11.9 Å². The lowest BCUT2D eigenvalue weighted by Gasteiger charge is -2.30. The number of hydrogen-bond donors (Lipinski definition) is 3. The Hall–Kier alpha value is -2.09. The molecule has 0 spiro atoms. The van der Waals surface area contributed by atoms with Crippen LogP contribution in [-0.4, -0.2) is 29.6 Å². The molecule has 0 aromatic heterocycles. The molecule has 3 N–H and O–H groups in total. The van der Waals surface area contributed by atoms with Gasteiger partial charge >= 0.3 is 11.8 Å². The van der Waals surface area contributed by atoms with Crippen LogP contribution in [0.2, 0.25) is 0 Å². The molecule has 0 radical (unpaired) electrons. The number of amides is 2. The van der Waals surface area contributed by atoms with Gasteiger partial charge in [-0.3, -0.25) is 9.59 Å². The van der Waals surface area contributed by atoms with Crippen molar-refractivity contribution in [3.8, 4) is 0 Å². The zero-order valence-corrected chi connectivity index (χ0v) is 12.2. The van der Waals surface area contributed by atoms with E-state index in [0.717, 1.165) is 25.3 Å². The Morgan fingerprint density at radius 1 is 1.09 bits per heavy atom. The van der Waals surface area contributed by atoms with Gasteiger partial charge in [0.1, 0.15) is 0 Å². The zero-order chi connectivity index (χ0) is 17.0. The Balaban J connectivity index is 2.00. The van der Waals surface area contributed by atoms with Gasteiger partial charge in [-0.25, -0.2) is 13.2 Å². The van der Waals surface area contributed by atoms with Crippen molar-refractivity contribution in [2.45, 2.75) is 31.7 Å². The number of nitrogens with one attached hydrogen (secondary N) is 2. The van der Waals surface area contributed by atoms with Crippen molar-refractivity contribution in [1.82, 2.24) is 5.32 Å². The number of carbonyl (C=O) groups excluding carboxylic acids is 2. The van der Waals surface area contributed by atoms with Crippen molar-refractivity contribution >= 4 is 17.5 Å². The summed E-state index contributed by atoms with van der Waals surface area (Å²) in [6.07, 6.45) is 3.16. The van der Waals surface area contributed by atoms with Crippen molar-refractivity contribution < 1.29 is 27.9 Å². The maximum atomic E-state index is 13.5. The molecule has 1 aromatic rings. The van der Waals surface area contributed by atoms with Crippen LogP contribution in [0.4, 0.5) is 18.9 Å². The van der Waals surface area contributed by atoms with Gasteiger partial charge in [0, 0.05) is 18.6 Å². The maximum Gasteiger partial charge on any atom is 0.313 e. The molecule has 5 nitrogen and oxygen atoms in total. The number of aliphatic hydroxyl groups is 1. The van der Waals surface area contributed by atoms with E-state index in [1.165, 1.54) is 0 Å². The Morgan fingerprint density at radius 3 is 2.48 bits per heavy atom. The minimum atomic E-state index is -1.73. The van der Waals surface area contributed by atoms with Gasteiger partial charge in [-0.2, -0.15) is 0 Å². The fourth-order valence-electron chi connectivity index (χ4n) is 2.65. The number of benzene rings is 1. The minimum Gasteiger partial charge on any atom is -0.396 e. The lowest BCUT2D eigenvalue weighted by Crippen LogP contribution is -2.47. The highest BCUT2D eigenvalue weighted by Crippen LogP contribution is 2.24. The molecule has 2 unspecified atom stereocenters. The van der Waals surface area contributed by atoms with E-state index in [9.17, 15) is 27.9 Å². The molecule has 1 aliphatic rings. The second-order valence-electron chi connectivity index (χ2n) is 5.48. The summed E-state index contributed by atoms with van der Waals surface area (Å²) in [5.41, 5.74) is -0.619. The molecule has 1 aliphatic carbocycles. The van der Waals surface area contributed by atoms with Crippen molar-refractivity contribution in [1.29, 1.82) is 0 Å². The van der Waals surface area contributed by atoms with Gasteiger partial charge in [-0.15, -0.1) is 0 Å². The first-order chi connectivity index (χ1) is 10.9. The summed E-state index contributed by atoms with van der Waals surface area (Å²) in [6.45, 7) is -0.107. The number of rotatable bonds is 3. The molecule has 1 aromatic carbocycles. The van der Waals surface area contributed by atoms with Crippen LogP contribution in [0, 0.1) is 23.4 Å². The standard InChI is InChI=1S/C15H17F3N2O3/c16-9-5-6-11(13(18)12(9)17)20-15(23)14(22)19-10-4-2-1-3-8(10)7-21/h5-6,8,10,21H,1-4,7H2,(H,19,22)(H,20,23). The first kappa shape index (κ1) is 17.3. The molecule has 1 fully saturated rings. The summed E-state index contributed by atoms with van der Waals surface area (Å²) in [6, 6.07) is 1.13. The van der Waals surface area contributed by atoms with E-state index in [1.54, 1.807) is 0 Å². The summed E-state index contributed by atoms with van der Waals surface area (Å²) in [5.74, 6) is -7.03. The Kier molecular flexibility index (Phi) is 5.59. The van der Waals surface area contributed by atoms with Crippen molar-refractivity contribution in [3.63, 3.8) is 0 Å². The SMILES string of the molecule is O=C(Nc1ccc(F)c(F)c1F)C(=O)NC1CCCCC1CO. The molecular weight excluding hydrogens is 313 g/mol. The van der Waals surface area contributed by atoms with E-state index in [0.29, 0.717) is 12.5 Å². The third-order valence-electron chi connectivity index (χ3n) is 3.95. The number of anilines is 1. The van der Waals surface area contributed by atoms with Crippen LogP contribution >= 0.6 is 0 Å². The van der Waals surface area contributed by atoms with Crippen molar-refractivity contribution in [2.24, 2.45) is 5.92 Å². The van der Waals surface area contributed by atoms with E-state index in [1.807, 2.05) is 5.32 Å². The third-order valence-corrected chi connectivity index (χ3v) is 3.95. The Labute approximate surface area is 130 Å². The number of hydrogen-bond acceptors (Lipinski definition) is 3. The van der Waals surface area contributed by atoms with Gasteiger partial charge in [0.2, 0.25) is 0 Å². The second-order valence-corrected chi connectivity index (χ2v) is 5.48. The zero-order valence-electron chi connectivity index (χ0n) is 12.2. The van der Waals surface area contributed by atoms with Gasteiger partial charge in [-0.05, 0) is 25.0 Å². The molecule has 8 heteroatoms. The van der Waals surface area contributed by atoms with Gasteiger partial charge < -0.3 is 15.7 Å². The van der Waals surface area contributed by atoms with Crippen LogP contribution in [-0.2, 0) is 9.59 Å².